The number of nitrogens with zero attached hydrogens (tertiary/aromatic N) is 4. The Kier molecular flexibility index (Phi) is 18.7. The van der Waals surface area contributed by atoms with Gasteiger partial charge in [0.25, 0.3) is 0 Å². The number of aliphatic hydroxyl groups is 2. The maximum atomic E-state index is 12.7. The summed E-state index contributed by atoms with van der Waals surface area (Å²) in [7, 11) is -16.6. The molecule has 1 aliphatic heterocycles. The van der Waals surface area contributed by atoms with Crippen LogP contribution < -0.4 is 16.4 Å². The number of nitrogen functional groups attached to an aromatic ring is 1. The van der Waals surface area contributed by atoms with Gasteiger partial charge in [0.15, 0.2) is 17.7 Å². The van der Waals surface area contributed by atoms with E-state index in [9.17, 15) is 53.1 Å². The van der Waals surface area contributed by atoms with Crippen molar-refractivity contribution < 1.29 is 75.7 Å². The summed E-state index contributed by atoms with van der Waals surface area (Å²) in [5.74, 6) is 1.42. The lowest BCUT2D eigenvalue weighted by molar-refractivity contribution is -0.137. The number of thiol groups is 1. The van der Waals surface area contributed by atoms with Crippen molar-refractivity contribution in [3.05, 3.63) is 12.7 Å². The Morgan fingerprint density at radius 2 is 1.69 bits per heavy atom. The lowest BCUT2D eigenvalue weighted by atomic mass is 9.87. The monoisotopic (exact) mass is 909 g/mol. The third kappa shape index (κ3) is 15.4. The molecular formula is C31H58N7O16P3S. The van der Waals surface area contributed by atoms with Crippen LogP contribution in [-0.2, 0) is 45.9 Å². The number of hydrogen-bond donors (Lipinski definition) is 10. The van der Waals surface area contributed by atoms with Gasteiger partial charge >= 0.3 is 23.5 Å². The first kappa shape index (κ1) is 50.2. The molecule has 0 bridgehead atoms. The van der Waals surface area contributed by atoms with Crippen LogP contribution in [0.4, 0.5) is 5.82 Å². The molecular weight excluding hydrogens is 851 g/mol. The van der Waals surface area contributed by atoms with Gasteiger partial charge in [-0.15, -0.1) is 0 Å². The average Bonchev–Trinajstić information content (AvgIpc) is 3.67. The lowest BCUT2D eigenvalue weighted by Crippen LogP contribution is -2.46. The number of nitrogens with one attached hydrogen (secondary N) is 2. The highest BCUT2D eigenvalue weighted by atomic mass is 32.2. The van der Waals surface area contributed by atoms with Crippen LogP contribution in [-0.4, -0.2) is 129 Å². The van der Waals surface area contributed by atoms with Gasteiger partial charge in [0, 0.05) is 24.9 Å². The zero-order chi connectivity index (χ0) is 43.6. The van der Waals surface area contributed by atoms with E-state index in [1.807, 2.05) is 0 Å². The minimum Gasteiger partial charge on any atom is -0.386 e. The summed E-state index contributed by atoms with van der Waals surface area (Å²) in [5.41, 5.74) is 4.34. The van der Waals surface area contributed by atoms with Crippen LogP contribution >= 0.6 is 34.4 Å². The fourth-order valence-electron chi connectivity index (χ4n) is 5.86. The smallest absolute Gasteiger partial charge is 0.386 e. The fraction of sp³-hybridized carbons (Fsp3) is 0.774. The molecule has 10 N–H and O–H groups in total. The first-order chi connectivity index (χ1) is 26.9. The van der Waals surface area contributed by atoms with E-state index >= 15 is 0 Å². The van der Waals surface area contributed by atoms with E-state index < -0.39 is 78.6 Å². The van der Waals surface area contributed by atoms with Gasteiger partial charge in [-0.25, -0.2) is 39.5 Å². The molecule has 23 nitrogen and oxygen atoms in total. The molecule has 9 atom stereocenters. The van der Waals surface area contributed by atoms with Crippen molar-refractivity contribution in [2.24, 2.45) is 11.3 Å². The van der Waals surface area contributed by atoms with Crippen LogP contribution in [0.5, 0.6) is 0 Å². The number of aliphatic hydroxyl groups excluding tert-OH is 2. The van der Waals surface area contributed by atoms with E-state index in [4.69, 9.17) is 19.5 Å². The number of phosphoric ester groups is 3. The highest BCUT2D eigenvalue weighted by molar-refractivity contribution is 8.17. The van der Waals surface area contributed by atoms with Gasteiger partial charge in [-0.05, 0) is 35.5 Å². The standard InChI is InChI=1S/C31H58N7O16P3S/c1-7-8-20(4)58(13-10-19(2)3)14-12-33-22(39)9-11-34-29(42)26(41)31(5,6)16-51-57(48,49)54-56(46,47)50-15-21-25(53-55(43,44)45)24(40)30(52-21)38-18-37-23-27(32)35-17-36-28(23)38/h17-21,24-26,30,40-41,58H,7-16H2,1-6H3,(H,33,39)(H,34,42)(H,46,47)(H,48,49)(H2,32,35,36)(H2,43,44,45)/t20?,21-,24-,25-,26?,30-/m1/s1. The third-order valence-corrected chi connectivity index (χ3v) is 15.4. The molecule has 3 heterocycles. The molecule has 2 aromatic rings. The van der Waals surface area contributed by atoms with Gasteiger partial charge in [0.05, 0.1) is 19.5 Å². The van der Waals surface area contributed by atoms with E-state index in [0.717, 1.165) is 48.0 Å². The first-order valence-electron chi connectivity index (χ1n) is 18.5. The van der Waals surface area contributed by atoms with E-state index in [1.54, 1.807) is 0 Å². The van der Waals surface area contributed by atoms with Gasteiger partial charge in [-0.3, -0.25) is 27.7 Å². The van der Waals surface area contributed by atoms with Gasteiger partial charge < -0.3 is 50.9 Å². The number of rotatable bonds is 25. The van der Waals surface area contributed by atoms with Gasteiger partial charge in [0.2, 0.25) is 11.8 Å². The molecule has 27 heteroatoms. The number of ether oxygens (including phenoxy) is 1. The third-order valence-electron chi connectivity index (χ3n) is 9.12. The first-order valence-corrected chi connectivity index (χ1v) is 24.8. The van der Waals surface area contributed by atoms with Gasteiger partial charge in [-0.2, -0.15) is 4.31 Å². The molecule has 0 aliphatic carbocycles. The van der Waals surface area contributed by atoms with E-state index in [2.05, 4.69) is 62.1 Å². The summed E-state index contributed by atoms with van der Waals surface area (Å²) in [5, 5.41) is 27.5. The molecule has 0 radical (unpaired) electrons. The molecule has 3 rings (SSSR count). The van der Waals surface area contributed by atoms with Crippen LogP contribution in [0.3, 0.4) is 0 Å². The molecule has 334 valence electrons. The number of amides is 2. The molecule has 0 saturated carbocycles. The van der Waals surface area contributed by atoms with Crippen molar-refractivity contribution >= 4 is 63.2 Å². The van der Waals surface area contributed by atoms with Crippen LogP contribution in [0.1, 0.15) is 73.5 Å². The number of carbonyl (C=O) groups is 2. The number of anilines is 1. The Hall–Kier alpha value is -2.11. The number of carbonyl (C=O) groups excluding carboxylic acids is 2. The van der Waals surface area contributed by atoms with Crippen molar-refractivity contribution in [1.29, 1.82) is 0 Å². The number of fused-ring (bicyclic) bond motifs is 1. The molecule has 1 saturated heterocycles. The summed E-state index contributed by atoms with van der Waals surface area (Å²) in [6.45, 7) is 9.84. The second kappa shape index (κ2) is 21.6. The number of imidazole rings is 1. The van der Waals surface area contributed by atoms with Crippen LogP contribution in [0.2, 0.25) is 0 Å². The van der Waals surface area contributed by atoms with Crippen LogP contribution in [0.25, 0.3) is 11.2 Å². The highest BCUT2D eigenvalue weighted by Crippen LogP contribution is 2.61. The minimum absolute atomic E-state index is 0.0326. The Bertz CT molecular complexity index is 1820. The summed E-state index contributed by atoms with van der Waals surface area (Å²) >= 11 is 0. The average molecular weight is 910 g/mol. The van der Waals surface area contributed by atoms with Crippen LogP contribution in [0.15, 0.2) is 12.7 Å². The van der Waals surface area contributed by atoms with Crippen molar-refractivity contribution in [2.45, 2.75) is 103 Å². The highest BCUT2D eigenvalue weighted by Gasteiger charge is 2.50. The number of hydrogen-bond acceptors (Lipinski definition) is 16. The van der Waals surface area contributed by atoms with E-state index in [-0.39, 0.29) is 46.7 Å². The SMILES string of the molecule is CCCC(C)[SH](CCNC(=O)CCNC(=O)C(O)C(C)(C)COP(=O)(O)OP(=O)(O)OC[C@H]1O[C@@H](n2cnc3c(N)ncnc32)[C@H](O)[C@@H]1OP(=O)(O)O)CCC(C)C. The number of nitrogens with two attached hydrogens (primary N) is 1. The zero-order valence-corrected chi connectivity index (χ0v) is 36.8. The topological polar surface area (TPSA) is 347 Å². The molecule has 1 fully saturated rings. The summed E-state index contributed by atoms with van der Waals surface area (Å²) in [6, 6.07) is 0. The van der Waals surface area contributed by atoms with Crippen molar-refractivity contribution in [1.82, 2.24) is 30.2 Å². The summed E-state index contributed by atoms with van der Waals surface area (Å²) in [6.07, 6.45) is -3.31. The predicted octanol–water partition coefficient (Wildman–Crippen LogP) is 1.64. The second-order valence-corrected chi connectivity index (χ2v) is 22.1. The molecule has 0 spiro atoms. The van der Waals surface area contributed by atoms with E-state index in [0.29, 0.717) is 17.7 Å². The number of aromatic nitrogens is 4. The molecule has 58 heavy (non-hydrogen) atoms. The van der Waals surface area contributed by atoms with Gasteiger partial charge in [0.1, 0.15) is 36.3 Å². The Morgan fingerprint density at radius 1 is 1.02 bits per heavy atom. The molecule has 0 aromatic carbocycles. The molecule has 5 unspecified atom stereocenters. The minimum atomic E-state index is -5.55. The Labute approximate surface area is 339 Å². The second-order valence-electron chi connectivity index (χ2n) is 14.9. The maximum absolute atomic E-state index is 12.7. The quantitative estimate of drug-likeness (QED) is 0.0500. The van der Waals surface area contributed by atoms with Crippen molar-refractivity contribution in [2.75, 3.05) is 43.5 Å². The summed E-state index contributed by atoms with van der Waals surface area (Å²) < 4.78 is 62.4. The fourth-order valence-corrected chi connectivity index (χ4v) is 11.7. The van der Waals surface area contributed by atoms with Crippen LogP contribution in [0, 0.1) is 11.3 Å². The molecule has 1 aliphatic rings. The predicted molar refractivity (Wildman–Crippen MR) is 212 cm³/mol. The van der Waals surface area contributed by atoms with Crippen molar-refractivity contribution in [3.8, 4) is 0 Å². The van der Waals surface area contributed by atoms with Crippen molar-refractivity contribution in [3.63, 3.8) is 0 Å². The number of phosphoric acid groups is 3. The zero-order valence-electron chi connectivity index (χ0n) is 33.2. The Morgan fingerprint density at radius 3 is 2.33 bits per heavy atom. The lowest BCUT2D eigenvalue weighted by Gasteiger charge is -2.30. The maximum Gasteiger partial charge on any atom is 0.481 e. The Balaban J connectivity index is 1.50. The summed E-state index contributed by atoms with van der Waals surface area (Å²) in [4.78, 5) is 76.3. The largest absolute Gasteiger partial charge is 0.481 e. The van der Waals surface area contributed by atoms with E-state index in [1.165, 1.54) is 13.8 Å². The normalized spacial score (nSPS) is 22.9. The molecule has 2 amide bonds. The van der Waals surface area contributed by atoms with Gasteiger partial charge in [-0.1, -0.05) is 48.0 Å². The molecule has 2 aromatic heterocycles.